The van der Waals surface area contributed by atoms with E-state index in [0.29, 0.717) is 22.0 Å². The normalized spacial score (nSPS) is 9.81. The van der Waals surface area contributed by atoms with Crippen LogP contribution in [0.2, 0.25) is 5.02 Å². The van der Waals surface area contributed by atoms with E-state index < -0.39 is 0 Å². The predicted molar refractivity (Wildman–Crippen MR) is 83.9 cm³/mol. The highest BCUT2D eigenvalue weighted by Gasteiger charge is 2.05. The van der Waals surface area contributed by atoms with Crippen LogP contribution in [-0.2, 0) is 0 Å². The molecule has 0 saturated carbocycles. The number of urea groups is 1. The van der Waals surface area contributed by atoms with Gasteiger partial charge in [-0.15, -0.1) is 0 Å². The predicted octanol–water partition coefficient (Wildman–Crippen LogP) is 3.34. The molecular weight excluding hydrogens is 290 g/mol. The van der Waals surface area contributed by atoms with E-state index in [4.69, 9.17) is 11.6 Å². The first kappa shape index (κ1) is 14.9. The Morgan fingerprint density at radius 3 is 2.24 bits per heavy atom. The number of rotatable bonds is 3. The molecule has 2 aromatic carbocycles. The fraction of sp³-hybridized carbons (Fsp3) is 0.0667. The van der Waals surface area contributed by atoms with Gasteiger partial charge in [-0.05, 0) is 42.5 Å². The molecule has 3 amide bonds. The van der Waals surface area contributed by atoms with Crippen LogP contribution in [0.5, 0.6) is 0 Å². The third-order valence-corrected chi connectivity index (χ3v) is 2.95. The molecule has 0 atom stereocenters. The summed E-state index contributed by atoms with van der Waals surface area (Å²) in [6, 6.07) is 13.0. The van der Waals surface area contributed by atoms with E-state index >= 15 is 0 Å². The fourth-order valence-corrected chi connectivity index (χ4v) is 1.90. The first-order valence-electron chi connectivity index (χ1n) is 6.24. The van der Waals surface area contributed by atoms with Crippen LogP contribution in [0, 0.1) is 0 Å². The van der Waals surface area contributed by atoms with E-state index in [1.165, 1.54) is 0 Å². The van der Waals surface area contributed by atoms with Crippen LogP contribution < -0.4 is 16.0 Å². The number of nitrogens with one attached hydrogen (secondary N) is 3. The second-order valence-electron chi connectivity index (χ2n) is 4.25. The topological polar surface area (TPSA) is 70.2 Å². The van der Waals surface area contributed by atoms with E-state index in [1.54, 1.807) is 55.6 Å². The molecule has 2 rings (SSSR count). The van der Waals surface area contributed by atoms with Crippen LogP contribution in [0.4, 0.5) is 16.2 Å². The summed E-state index contributed by atoms with van der Waals surface area (Å²) in [5.41, 5.74) is 1.71. The van der Waals surface area contributed by atoms with Crippen molar-refractivity contribution in [2.45, 2.75) is 0 Å². The SMILES string of the molecule is CNC(=O)c1ccc(NC(=O)Nc2cccc(Cl)c2)cc1. The maximum absolute atomic E-state index is 11.8. The van der Waals surface area contributed by atoms with Crippen molar-refractivity contribution in [3.8, 4) is 0 Å². The molecule has 108 valence electrons. The zero-order chi connectivity index (χ0) is 15.2. The Morgan fingerprint density at radius 1 is 0.952 bits per heavy atom. The summed E-state index contributed by atoms with van der Waals surface area (Å²) < 4.78 is 0. The van der Waals surface area contributed by atoms with Gasteiger partial charge < -0.3 is 16.0 Å². The van der Waals surface area contributed by atoms with Gasteiger partial charge in [-0.25, -0.2) is 4.79 Å². The number of hydrogen-bond donors (Lipinski definition) is 3. The van der Waals surface area contributed by atoms with Gasteiger partial charge in [0.05, 0.1) is 0 Å². The van der Waals surface area contributed by atoms with E-state index in [9.17, 15) is 9.59 Å². The van der Waals surface area contributed by atoms with Crippen LogP contribution in [0.1, 0.15) is 10.4 Å². The monoisotopic (exact) mass is 303 g/mol. The standard InChI is InChI=1S/C15H14ClN3O2/c1-17-14(20)10-5-7-12(8-6-10)18-15(21)19-13-4-2-3-11(16)9-13/h2-9H,1H3,(H,17,20)(H2,18,19,21). The minimum absolute atomic E-state index is 0.176. The zero-order valence-corrected chi connectivity index (χ0v) is 12.1. The summed E-state index contributed by atoms with van der Waals surface area (Å²) in [4.78, 5) is 23.2. The van der Waals surface area contributed by atoms with Gasteiger partial charge in [0.15, 0.2) is 0 Å². The van der Waals surface area contributed by atoms with Gasteiger partial charge in [-0.2, -0.15) is 0 Å². The Balaban J connectivity index is 1.98. The van der Waals surface area contributed by atoms with Crippen molar-refractivity contribution in [1.29, 1.82) is 0 Å². The molecule has 0 heterocycles. The summed E-state index contributed by atoms with van der Waals surface area (Å²) in [6.07, 6.45) is 0. The van der Waals surface area contributed by atoms with Crippen molar-refractivity contribution in [3.05, 3.63) is 59.1 Å². The molecule has 0 aromatic heterocycles. The molecule has 2 aromatic rings. The third-order valence-electron chi connectivity index (χ3n) is 2.71. The van der Waals surface area contributed by atoms with Gasteiger partial charge in [0.1, 0.15) is 0 Å². The molecule has 5 nitrogen and oxygen atoms in total. The summed E-state index contributed by atoms with van der Waals surface area (Å²) in [5.74, 6) is -0.176. The minimum Gasteiger partial charge on any atom is -0.355 e. The Labute approximate surface area is 127 Å². The summed E-state index contributed by atoms with van der Waals surface area (Å²) in [5, 5.41) is 8.41. The van der Waals surface area contributed by atoms with E-state index in [1.807, 2.05) is 0 Å². The molecule has 21 heavy (non-hydrogen) atoms. The number of anilines is 2. The molecule has 0 saturated heterocycles. The molecule has 0 aliphatic heterocycles. The molecule has 0 aliphatic carbocycles. The zero-order valence-electron chi connectivity index (χ0n) is 11.3. The molecule has 0 aliphatic rings. The summed E-state index contributed by atoms with van der Waals surface area (Å²) >= 11 is 5.84. The van der Waals surface area contributed by atoms with E-state index in [-0.39, 0.29) is 11.9 Å². The van der Waals surface area contributed by atoms with Gasteiger partial charge >= 0.3 is 6.03 Å². The number of carbonyl (C=O) groups is 2. The molecule has 0 fully saturated rings. The number of halogens is 1. The van der Waals surface area contributed by atoms with Crippen molar-refractivity contribution >= 4 is 34.9 Å². The smallest absolute Gasteiger partial charge is 0.323 e. The van der Waals surface area contributed by atoms with Crippen LogP contribution in [0.25, 0.3) is 0 Å². The first-order valence-corrected chi connectivity index (χ1v) is 6.62. The van der Waals surface area contributed by atoms with Crippen LogP contribution in [0.15, 0.2) is 48.5 Å². The molecule has 0 spiro atoms. The van der Waals surface area contributed by atoms with E-state index in [0.717, 1.165) is 0 Å². The van der Waals surface area contributed by atoms with Gasteiger partial charge in [0, 0.05) is 29.0 Å². The Morgan fingerprint density at radius 2 is 1.62 bits per heavy atom. The van der Waals surface area contributed by atoms with Gasteiger partial charge in [0.2, 0.25) is 0 Å². The van der Waals surface area contributed by atoms with Crippen molar-refractivity contribution in [3.63, 3.8) is 0 Å². The van der Waals surface area contributed by atoms with Crippen molar-refractivity contribution in [2.75, 3.05) is 17.7 Å². The van der Waals surface area contributed by atoms with Crippen LogP contribution >= 0.6 is 11.6 Å². The second-order valence-corrected chi connectivity index (χ2v) is 4.68. The lowest BCUT2D eigenvalue weighted by Crippen LogP contribution is -2.20. The van der Waals surface area contributed by atoms with Crippen LogP contribution in [-0.4, -0.2) is 19.0 Å². The maximum Gasteiger partial charge on any atom is 0.323 e. The van der Waals surface area contributed by atoms with Crippen molar-refractivity contribution in [1.82, 2.24) is 5.32 Å². The van der Waals surface area contributed by atoms with Crippen LogP contribution in [0.3, 0.4) is 0 Å². The van der Waals surface area contributed by atoms with Crippen molar-refractivity contribution in [2.24, 2.45) is 0 Å². The highest BCUT2D eigenvalue weighted by Crippen LogP contribution is 2.15. The number of carbonyl (C=O) groups excluding carboxylic acids is 2. The average molecular weight is 304 g/mol. The Bertz CT molecular complexity index is 656. The second kappa shape index (κ2) is 6.76. The van der Waals surface area contributed by atoms with E-state index in [2.05, 4.69) is 16.0 Å². The lowest BCUT2D eigenvalue weighted by atomic mass is 10.2. The fourth-order valence-electron chi connectivity index (χ4n) is 1.71. The molecule has 0 radical (unpaired) electrons. The number of amides is 3. The summed E-state index contributed by atoms with van der Waals surface area (Å²) in [7, 11) is 1.56. The Kier molecular flexibility index (Phi) is 4.79. The molecule has 6 heteroatoms. The highest BCUT2D eigenvalue weighted by molar-refractivity contribution is 6.30. The molecule has 0 unspecified atom stereocenters. The lowest BCUT2D eigenvalue weighted by molar-refractivity contribution is 0.0963. The largest absolute Gasteiger partial charge is 0.355 e. The van der Waals surface area contributed by atoms with Gasteiger partial charge in [0.25, 0.3) is 5.91 Å². The number of hydrogen-bond acceptors (Lipinski definition) is 2. The highest BCUT2D eigenvalue weighted by atomic mass is 35.5. The van der Waals surface area contributed by atoms with Gasteiger partial charge in [-0.3, -0.25) is 4.79 Å². The molecular formula is C15H14ClN3O2. The minimum atomic E-state index is -0.384. The quantitative estimate of drug-likeness (QED) is 0.814. The molecule has 0 bridgehead atoms. The van der Waals surface area contributed by atoms with Gasteiger partial charge in [-0.1, -0.05) is 17.7 Å². The maximum atomic E-state index is 11.8. The summed E-state index contributed by atoms with van der Waals surface area (Å²) in [6.45, 7) is 0. The Hall–Kier alpha value is -2.53. The third kappa shape index (κ3) is 4.22. The average Bonchev–Trinajstić information content (AvgIpc) is 2.47. The van der Waals surface area contributed by atoms with Crippen molar-refractivity contribution < 1.29 is 9.59 Å². The molecule has 3 N–H and O–H groups in total. The first-order chi connectivity index (χ1) is 10.1. The lowest BCUT2D eigenvalue weighted by Gasteiger charge is -2.08. The number of benzene rings is 2.